The molecule has 0 saturated carbocycles. The summed E-state index contributed by atoms with van der Waals surface area (Å²) in [6, 6.07) is 10.6. The van der Waals surface area contributed by atoms with E-state index in [9.17, 15) is 9.59 Å². The Bertz CT molecular complexity index is 990. The molecule has 0 aliphatic carbocycles. The van der Waals surface area contributed by atoms with Gasteiger partial charge in [0.15, 0.2) is 11.0 Å². The number of nitrogens with zero attached hydrogens (tertiary/aromatic N) is 2. The zero-order valence-electron chi connectivity index (χ0n) is 16.7. The molecule has 156 valence electrons. The summed E-state index contributed by atoms with van der Waals surface area (Å²) in [5.41, 5.74) is 0.518. The lowest BCUT2D eigenvalue weighted by Crippen LogP contribution is -2.54. The van der Waals surface area contributed by atoms with Crippen LogP contribution in [0.5, 0.6) is 5.75 Å². The van der Waals surface area contributed by atoms with Crippen LogP contribution in [0, 0.1) is 0 Å². The van der Waals surface area contributed by atoms with Gasteiger partial charge in [0, 0.05) is 19.2 Å². The predicted octanol–water partition coefficient (Wildman–Crippen LogP) is 3.50. The summed E-state index contributed by atoms with van der Waals surface area (Å²) in [6.07, 6.45) is 4.96. The minimum atomic E-state index is -0.539. The highest BCUT2D eigenvalue weighted by Gasteiger charge is 2.34. The van der Waals surface area contributed by atoms with Crippen LogP contribution in [0.1, 0.15) is 31.9 Å². The normalized spacial score (nSPS) is 18.7. The van der Waals surface area contributed by atoms with E-state index in [4.69, 9.17) is 21.4 Å². The number of benzene rings is 1. The fraction of sp³-hybridized carbons (Fsp3) is 0.318. The molecule has 2 aromatic rings. The molecule has 2 fully saturated rings. The van der Waals surface area contributed by atoms with E-state index < -0.39 is 11.8 Å². The first kappa shape index (κ1) is 20.2. The summed E-state index contributed by atoms with van der Waals surface area (Å²) in [6.45, 7) is 4.34. The molecule has 3 heterocycles. The van der Waals surface area contributed by atoms with Crippen molar-refractivity contribution < 1.29 is 18.7 Å². The second kappa shape index (κ2) is 8.71. The Kier molecular flexibility index (Phi) is 5.85. The third-order valence-corrected chi connectivity index (χ3v) is 5.36. The van der Waals surface area contributed by atoms with Crippen molar-refractivity contribution in [3.8, 4) is 5.75 Å². The van der Waals surface area contributed by atoms with E-state index >= 15 is 0 Å². The molecular formula is C22H23N3O4S. The maximum atomic E-state index is 13.1. The molecule has 0 atom stereocenters. The van der Waals surface area contributed by atoms with Crippen molar-refractivity contribution in [3.05, 3.63) is 47.7 Å². The maximum absolute atomic E-state index is 13.1. The summed E-state index contributed by atoms with van der Waals surface area (Å²) in [4.78, 5) is 29.0. The molecule has 1 N–H and O–H groups in total. The van der Waals surface area contributed by atoms with E-state index in [0.717, 1.165) is 31.8 Å². The SMILES string of the molecule is CCOc1ccc(N2C(=O)C(=Cc3ccc(N4CCCCC4)o3)C(=O)NC2=S)cc1. The van der Waals surface area contributed by atoms with Crippen LogP contribution >= 0.6 is 12.2 Å². The predicted molar refractivity (Wildman–Crippen MR) is 119 cm³/mol. The quantitative estimate of drug-likeness (QED) is 0.449. The minimum absolute atomic E-state index is 0.0305. The second-order valence-corrected chi connectivity index (χ2v) is 7.50. The van der Waals surface area contributed by atoms with Crippen LogP contribution in [0.15, 0.2) is 46.4 Å². The second-order valence-electron chi connectivity index (χ2n) is 7.11. The van der Waals surface area contributed by atoms with Crippen LogP contribution in [-0.2, 0) is 9.59 Å². The highest BCUT2D eigenvalue weighted by Crippen LogP contribution is 2.27. The van der Waals surface area contributed by atoms with Gasteiger partial charge < -0.3 is 14.1 Å². The number of rotatable bonds is 5. The van der Waals surface area contributed by atoms with Gasteiger partial charge in [0.25, 0.3) is 11.8 Å². The molecule has 0 radical (unpaired) electrons. The van der Waals surface area contributed by atoms with Crippen molar-refractivity contribution in [2.24, 2.45) is 0 Å². The third-order valence-electron chi connectivity index (χ3n) is 5.07. The van der Waals surface area contributed by atoms with Crippen molar-refractivity contribution in [2.45, 2.75) is 26.2 Å². The smallest absolute Gasteiger partial charge is 0.270 e. The average Bonchev–Trinajstić information content (AvgIpc) is 3.22. The molecule has 0 unspecified atom stereocenters. The average molecular weight is 426 g/mol. The summed E-state index contributed by atoms with van der Waals surface area (Å²) in [5, 5.41) is 2.63. The Balaban J connectivity index is 1.58. The Hall–Kier alpha value is -3.13. The monoisotopic (exact) mass is 425 g/mol. The molecule has 2 amide bonds. The van der Waals surface area contributed by atoms with Gasteiger partial charge in [0.05, 0.1) is 12.3 Å². The number of ether oxygens (including phenoxy) is 1. The zero-order valence-corrected chi connectivity index (χ0v) is 17.5. The Morgan fingerprint density at radius 3 is 2.53 bits per heavy atom. The lowest BCUT2D eigenvalue weighted by molar-refractivity contribution is -0.122. The number of furan rings is 1. The molecule has 0 spiro atoms. The van der Waals surface area contributed by atoms with Gasteiger partial charge in [-0.1, -0.05) is 0 Å². The number of carbonyl (C=O) groups excluding carboxylic acids is 2. The van der Waals surface area contributed by atoms with E-state index in [0.29, 0.717) is 23.8 Å². The van der Waals surface area contributed by atoms with E-state index in [1.54, 1.807) is 30.3 Å². The van der Waals surface area contributed by atoms with Crippen molar-refractivity contribution in [3.63, 3.8) is 0 Å². The van der Waals surface area contributed by atoms with Crippen LogP contribution in [0.2, 0.25) is 0 Å². The number of hydrogen-bond donors (Lipinski definition) is 1. The Morgan fingerprint density at radius 1 is 1.10 bits per heavy atom. The molecule has 0 bridgehead atoms. The van der Waals surface area contributed by atoms with Crippen molar-refractivity contribution in [1.82, 2.24) is 5.32 Å². The van der Waals surface area contributed by atoms with E-state index in [1.807, 2.05) is 13.0 Å². The minimum Gasteiger partial charge on any atom is -0.494 e. The number of carbonyl (C=O) groups is 2. The fourth-order valence-corrected chi connectivity index (χ4v) is 3.88. The van der Waals surface area contributed by atoms with Crippen LogP contribution in [0.25, 0.3) is 6.08 Å². The number of thiocarbonyl (C=S) groups is 1. The topological polar surface area (TPSA) is 75.0 Å². The van der Waals surface area contributed by atoms with Gasteiger partial charge in [0.2, 0.25) is 0 Å². The molecule has 4 rings (SSSR count). The third kappa shape index (κ3) is 4.09. The molecule has 7 nitrogen and oxygen atoms in total. The lowest BCUT2D eigenvalue weighted by Gasteiger charge is -2.28. The van der Waals surface area contributed by atoms with E-state index in [-0.39, 0.29) is 10.7 Å². The number of hydrogen-bond acceptors (Lipinski definition) is 6. The molecule has 8 heteroatoms. The van der Waals surface area contributed by atoms with Crippen molar-refractivity contribution in [1.29, 1.82) is 0 Å². The summed E-state index contributed by atoms with van der Waals surface area (Å²) in [5.74, 6) is 0.863. The van der Waals surface area contributed by atoms with Gasteiger partial charge in [-0.25, -0.2) is 0 Å². The van der Waals surface area contributed by atoms with Gasteiger partial charge >= 0.3 is 0 Å². The van der Waals surface area contributed by atoms with Gasteiger partial charge in [-0.2, -0.15) is 0 Å². The molecule has 30 heavy (non-hydrogen) atoms. The molecule has 2 aliphatic heterocycles. The first-order valence-corrected chi connectivity index (χ1v) is 10.5. The zero-order chi connectivity index (χ0) is 21.1. The summed E-state index contributed by atoms with van der Waals surface area (Å²) in [7, 11) is 0. The number of piperidine rings is 1. The molecule has 1 aromatic heterocycles. The van der Waals surface area contributed by atoms with Gasteiger partial charge in [-0.15, -0.1) is 0 Å². The van der Waals surface area contributed by atoms with Crippen LogP contribution in [0.4, 0.5) is 11.6 Å². The van der Waals surface area contributed by atoms with Crippen LogP contribution in [-0.4, -0.2) is 36.6 Å². The van der Waals surface area contributed by atoms with Crippen LogP contribution < -0.4 is 19.9 Å². The number of nitrogens with one attached hydrogen (secondary N) is 1. The number of anilines is 2. The van der Waals surface area contributed by atoms with Crippen LogP contribution in [0.3, 0.4) is 0 Å². The number of amides is 2. The van der Waals surface area contributed by atoms with E-state index in [1.165, 1.54) is 17.4 Å². The maximum Gasteiger partial charge on any atom is 0.270 e. The van der Waals surface area contributed by atoms with Crippen molar-refractivity contribution in [2.75, 3.05) is 29.5 Å². The molecule has 2 saturated heterocycles. The highest BCUT2D eigenvalue weighted by atomic mass is 32.1. The standard InChI is InChI=1S/C22H23N3O4S/c1-2-28-16-8-6-15(7-9-16)25-21(27)18(20(26)23-22(25)30)14-17-10-11-19(29-17)24-12-4-3-5-13-24/h6-11,14H,2-5,12-13H2,1H3,(H,23,26,30). The lowest BCUT2D eigenvalue weighted by atomic mass is 10.1. The summed E-state index contributed by atoms with van der Waals surface area (Å²) >= 11 is 5.24. The van der Waals surface area contributed by atoms with Gasteiger partial charge in [-0.05, 0) is 74.8 Å². The fourth-order valence-electron chi connectivity index (χ4n) is 3.60. The Morgan fingerprint density at radius 2 is 1.83 bits per heavy atom. The highest BCUT2D eigenvalue weighted by molar-refractivity contribution is 7.80. The van der Waals surface area contributed by atoms with Crippen molar-refractivity contribution >= 4 is 46.8 Å². The van der Waals surface area contributed by atoms with Gasteiger partial charge in [-0.3, -0.25) is 19.8 Å². The van der Waals surface area contributed by atoms with Gasteiger partial charge in [0.1, 0.15) is 17.1 Å². The largest absolute Gasteiger partial charge is 0.494 e. The molecular weight excluding hydrogens is 402 g/mol. The van der Waals surface area contributed by atoms with E-state index in [2.05, 4.69) is 10.2 Å². The first-order chi connectivity index (χ1) is 14.6. The molecule has 1 aromatic carbocycles. The summed E-state index contributed by atoms with van der Waals surface area (Å²) < 4.78 is 11.3. The molecule has 2 aliphatic rings. The first-order valence-electron chi connectivity index (χ1n) is 10.1. The Labute approximate surface area is 180 Å².